The Kier molecular flexibility index (Phi) is 5.55. The maximum absolute atomic E-state index is 11.7. The molecule has 0 spiro atoms. The van der Waals surface area contributed by atoms with Gasteiger partial charge in [-0.3, -0.25) is 4.79 Å². The Labute approximate surface area is 113 Å². The van der Waals surface area contributed by atoms with Crippen LogP contribution in [0.4, 0.5) is 5.69 Å². The Morgan fingerprint density at radius 1 is 1.16 bits per heavy atom. The second kappa shape index (κ2) is 6.92. The molecule has 0 radical (unpaired) electrons. The zero-order chi connectivity index (χ0) is 14.4. The van der Waals surface area contributed by atoms with Crippen LogP contribution in [0.3, 0.4) is 0 Å². The first-order valence-corrected chi connectivity index (χ1v) is 6.60. The van der Waals surface area contributed by atoms with Crippen LogP contribution >= 0.6 is 0 Å². The van der Waals surface area contributed by atoms with E-state index in [4.69, 9.17) is 5.11 Å². The number of unbranched alkanes of at least 4 members (excludes halogenated alkanes) is 2. The number of carbonyl (C=O) groups is 2. The highest BCUT2D eigenvalue weighted by Crippen LogP contribution is 2.21. The third-order valence-electron chi connectivity index (χ3n) is 3.08. The average molecular weight is 263 g/mol. The van der Waals surface area contributed by atoms with E-state index in [2.05, 4.69) is 12.2 Å². The number of benzene rings is 1. The molecule has 0 unspecified atom stereocenters. The van der Waals surface area contributed by atoms with Crippen molar-refractivity contribution < 1.29 is 14.7 Å². The van der Waals surface area contributed by atoms with Gasteiger partial charge >= 0.3 is 5.97 Å². The van der Waals surface area contributed by atoms with E-state index >= 15 is 0 Å². The predicted octanol–water partition coefficient (Wildman–Crippen LogP) is 3.52. The minimum atomic E-state index is -0.973. The molecule has 1 aromatic carbocycles. The molecule has 0 atom stereocenters. The van der Waals surface area contributed by atoms with Crippen LogP contribution in [-0.2, 0) is 4.79 Å². The van der Waals surface area contributed by atoms with Crippen molar-refractivity contribution in [2.24, 2.45) is 0 Å². The molecule has 0 bridgehead atoms. The van der Waals surface area contributed by atoms with E-state index in [1.54, 1.807) is 13.0 Å². The number of carboxylic acid groups (broad SMARTS) is 1. The number of aromatic carboxylic acids is 1. The van der Waals surface area contributed by atoms with Gasteiger partial charge in [-0.1, -0.05) is 25.8 Å². The van der Waals surface area contributed by atoms with Crippen molar-refractivity contribution in [3.63, 3.8) is 0 Å². The zero-order valence-corrected chi connectivity index (χ0v) is 11.7. The van der Waals surface area contributed by atoms with Crippen LogP contribution in [0.15, 0.2) is 12.1 Å². The lowest BCUT2D eigenvalue weighted by atomic mass is 10.0. The van der Waals surface area contributed by atoms with E-state index in [9.17, 15) is 9.59 Å². The summed E-state index contributed by atoms with van der Waals surface area (Å²) in [6, 6.07) is 3.32. The van der Waals surface area contributed by atoms with Crippen molar-refractivity contribution in [2.75, 3.05) is 5.32 Å². The summed E-state index contributed by atoms with van der Waals surface area (Å²) in [5.41, 5.74) is 2.40. The standard InChI is InChI=1S/C15H21NO3/c1-4-5-6-7-14(17)16-13-9-12(15(18)19)10(2)8-11(13)3/h8-9H,4-7H2,1-3H3,(H,16,17)(H,18,19). The first kappa shape index (κ1) is 15.2. The van der Waals surface area contributed by atoms with Gasteiger partial charge in [0, 0.05) is 12.1 Å². The highest BCUT2D eigenvalue weighted by molar-refractivity contribution is 5.95. The molecule has 1 aromatic rings. The van der Waals surface area contributed by atoms with Gasteiger partial charge in [0.1, 0.15) is 0 Å². The fourth-order valence-electron chi connectivity index (χ4n) is 1.97. The van der Waals surface area contributed by atoms with Crippen molar-refractivity contribution in [3.05, 3.63) is 28.8 Å². The third-order valence-corrected chi connectivity index (χ3v) is 3.08. The van der Waals surface area contributed by atoms with E-state index in [-0.39, 0.29) is 11.5 Å². The molecular formula is C15H21NO3. The Morgan fingerprint density at radius 3 is 2.42 bits per heavy atom. The maximum atomic E-state index is 11.7. The second-order valence-electron chi connectivity index (χ2n) is 4.79. The molecule has 2 N–H and O–H groups in total. The summed E-state index contributed by atoms with van der Waals surface area (Å²) in [4.78, 5) is 22.8. The number of hydrogen-bond donors (Lipinski definition) is 2. The third kappa shape index (κ3) is 4.39. The lowest BCUT2D eigenvalue weighted by Gasteiger charge is -2.11. The smallest absolute Gasteiger partial charge is 0.336 e. The van der Waals surface area contributed by atoms with E-state index in [0.29, 0.717) is 17.7 Å². The molecule has 0 saturated heterocycles. The lowest BCUT2D eigenvalue weighted by molar-refractivity contribution is -0.116. The molecule has 0 aromatic heterocycles. The van der Waals surface area contributed by atoms with Crippen LogP contribution in [0.1, 0.15) is 54.1 Å². The lowest BCUT2D eigenvalue weighted by Crippen LogP contribution is -2.13. The van der Waals surface area contributed by atoms with Gasteiger partial charge in [-0.2, -0.15) is 0 Å². The zero-order valence-electron chi connectivity index (χ0n) is 11.7. The van der Waals surface area contributed by atoms with Gasteiger partial charge < -0.3 is 10.4 Å². The summed E-state index contributed by atoms with van der Waals surface area (Å²) in [5.74, 6) is -1.03. The Hall–Kier alpha value is -1.84. The van der Waals surface area contributed by atoms with Crippen LogP contribution in [-0.4, -0.2) is 17.0 Å². The van der Waals surface area contributed by atoms with Gasteiger partial charge in [0.2, 0.25) is 5.91 Å². The molecule has 1 rings (SSSR count). The quantitative estimate of drug-likeness (QED) is 0.772. The summed E-state index contributed by atoms with van der Waals surface area (Å²) in [7, 11) is 0. The molecule has 104 valence electrons. The van der Waals surface area contributed by atoms with Crippen molar-refractivity contribution in [1.29, 1.82) is 0 Å². The Morgan fingerprint density at radius 2 is 1.84 bits per heavy atom. The molecule has 0 aliphatic heterocycles. The van der Waals surface area contributed by atoms with Crippen LogP contribution in [0.25, 0.3) is 0 Å². The molecule has 1 amide bonds. The summed E-state index contributed by atoms with van der Waals surface area (Å²) in [5, 5.41) is 11.9. The number of hydrogen-bond acceptors (Lipinski definition) is 2. The highest BCUT2D eigenvalue weighted by atomic mass is 16.4. The monoisotopic (exact) mass is 263 g/mol. The molecule has 0 heterocycles. The van der Waals surface area contributed by atoms with Crippen molar-refractivity contribution in [1.82, 2.24) is 0 Å². The first-order valence-electron chi connectivity index (χ1n) is 6.60. The summed E-state index contributed by atoms with van der Waals surface area (Å²) in [6.07, 6.45) is 3.43. The van der Waals surface area contributed by atoms with E-state index in [0.717, 1.165) is 24.8 Å². The number of anilines is 1. The average Bonchev–Trinajstić information content (AvgIpc) is 2.32. The second-order valence-corrected chi connectivity index (χ2v) is 4.79. The fourth-order valence-corrected chi connectivity index (χ4v) is 1.97. The van der Waals surface area contributed by atoms with E-state index in [1.165, 1.54) is 6.07 Å². The number of nitrogens with one attached hydrogen (secondary N) is 1. The van der Waals surface area contributed by atoms with Crippen molar-refractivity contribution in [2.45, 2.75) is 46.5 Å². The first-order chi connectivity index (χ1) is 8.95. The van der Waals surface area contributed by atoms with Crippen molar-refractivity contribution >= 4 is 17.6 Å². The van der Waals surface area contributed by atoms with Crippen LogP contribution < -0.4 is 5.32 Å². The summed E-state index contributed by atoms with van der Waals surface area (Å²) in [6.45, 7) is 5.70. The maximum Gasteiger partial charge on any atom is 0.336 e. The Bertz CT molecular complexity index is 481. The van der Waals surface area contributed by atoms with Crippen molar-refractivity contribution in [3.8, 4) is 0 Å². The largest absolute Gasteiger partial charge is 0.478 e. The van der Waals surface area contributed by atoms with Gasteiger partial charge in [-0.25, -0.2) is 4.79 Å². The van der Waals surface area contributed by atoms with Gasteiger partial charge in [0.15, 0.2) is 0 Å². The molecule has 4 nitrogen and oxygen atoms in total. The molecule has 4 heteroatoms. The SMILES string of the molecule is CCCCCC(=O)Nc1cc(C(=O)O)c(C)cc1C. The number of carbonyl (C=O) groups excluding carboxylic acids is 1. The number of carboxylic acids is 1. The van der Waals surface area contributed by atoms with Crippen LogP contribution in [0.2, 0.25) is 0 Å². The van der Waals surface area contributed by atoms with Gasteiger partial charge in [0.25, 0.3) is 0 Å². The molecule has 19 heavy (non-hydrogen) atoms. The minimum absolute atomic E-state index is 0.0586. The van der Waals surface area contributed by atoms with Gasteiger partial charge in [-0.15, -0.1) is 0 Å². The topological polar surface area (TPSA) is 66.4 Å². The van der Waals surface area contributed by atoms with Gasteiger partial charge in [-0.05, 0) is 37.5 Å². The molecule has 0 aliphatic carbocycles. The van der Waals surface area contributed by atoms with E-state index < -0.39 is 5.97 Å². The molecular weight excluding hydrogens is 242 g/mol. The fraction of sp³-hybridized carbons (Fsp3) is 0.467. The predicted molar refractivity (Wildman–Crippen MR) is 75.6 cm³/mol. The van der Waals surface area contributed by atoms with Gasteiger partial charge in [0.05, 0.1) is 5.56 Å². The Balaban J connectivity index is 2.80. The molecule has 0 aliphatic rings. The molecule has 0 fully saturated rings. The highest BCUT2D eigenvalue weighted by Gasteiger charge is 2.12. The number of aryl methyl sites for hydroxylation is 2. The number of amides is 1. The normalized spacial score (nSPS) is 10.3. The number of rotatable bonds is 6. The summed E-state index contributed by atoms with van der Waals surface area (Å²) < 4.78 is 0. The minimum Gasteiger partial charge on any atom is -0.478 e. The van der Waals surface area contributed by atoms with Crippen LogP contribution in [0.5, 0.6) is 0 Å². The summed E-state index contributed by atoms with van der Waals surface area (Å²) >= 11 is 0. The van der Waals surface area contributed by atoms with Crippen LogP contribution in [0, 0.1) is 13.8 Å². The van der Waals surface area contributed by atoms with E-state index in [1.807, 2.05) is 6.92 Å². The molecule has 0 saturated carbocycles.